The Bertz CT molecular complexity index is 1840. The van der Waals surface area contributed by atoms with Crippen molar-refractivity contribution in [3.8, 4) is 22.8 Å². The van der Waals surface area contributed by atoms with E-state index in [0.717, 1.165) is 0 Å². The molecule has 0 spiro atoms. The predicted octanol–water partition coefficient (Wildman–Crippen LogP) is 5.38. The van der Waals surface area contributed by atoms with Crippen LogP contribution in [0.1, 0.15) is 31.2 Å². The monoisotopic (exact) mass is 598 g/mol. The van der Waals surface area contributed by atoms with Crippen LogP contribution in [0.5, 0.6) is 11.5 Å². The number of carbonyl (C=O) groups excluding carboxylic acids is 1. The Morgan fingerprint density at radius 3 is 2.67 bits per heavy atom. The summed E-state index contributed by atoms with van der Waals surface area (Å²) in [6.07, 6.45) is 1.63. The highest BCUT2D eigenvalue weighted by molar-refractivity contribution is 7.07. The largest absolute Gasteiger partial charge is 0.497 e. The van der Waals surface area contributed by atoms with E-state index in [0.29, 0.717) is 59.2 Å². The molecule has 5 rings (SSSR count). The van der Waals surface area contributed by atoms with Crippen molar-refractivity contribution >= 4 is 46.6 Å². The van der Waals surface area contributed by atoms with E-state index in [4.69, 9.17) is 41.8 Å². The lowest BCUT2D eigenvalue weighted by Gasteiger charge is -2.26. The van der Waals surface area contributed by atoms with Crippen LogP contribution < -0.4 is 24.4 Å². The van der Waals surface area contributed by atoms with Crippen LogP contribution in [0.15, 0.2) is 74.0 Å². The van der Waals surface area contributed by atoms with Crippen molar-refractivity contribution in [2.75, 3.05) is 20.8 Å². The topological polar surface area (TPSA) is 92.3 Å². The molecule has 0 fully saturated rings. The molecule has 1 atom stereocenters. The van der Waals surface area contributed by atoms with E-state index < -0.39 is 12.0 Å². The fourth-order valence-corrected chi connectivity index (χ4v) is 5.96. The second kappa shape index (κ2) is 11.4. The number of halogens is 2. The van der Waals surface area contributed by atoms with Crippen LogP contribution in [-0.2, 0) is 9.53 Å². The van der Waals surface area contributed by atoms with E-state index in [2.05, 4.69) is 4.99 Å². The Labute approximate surface area is 243 Å². The molecule has 0 amide bonds. The third-order valence-electron chi connectivity index (χ3n) is 6.37. The Hall–Kier alpha value is -3.79. The second-order valence-corrected chi connectivity index (χ2v) is 10.5. The molecular formula is C29H24Cl2N2O6S. The van der Waals surface area contributed by atoms with Gasteiger partial charge in [-0.05, 0) is 56.3 Å². The molecule has 4 aromatic rings. The van der Waals surface area contributed by atoms with Crippen LogP contribution in [-0.4, -0.2) is 31.4 Å². The zero-order chi connectivity index (χ0) is 28.6. The fraction of sp³-hybridized carbons (Fsp3) is 0.207. The lowest BCUT2D eigenvalue weighted by atomic mass is 9.95. The number of benzene rings is 2. The lowest BCUT2D eigenvalue weighted by Crippen LogP contribution is -2.40. The van der Waals surface area contributed by atoms with Gasteiger partial charge >= 0.3 is 5.97 Å². The van der Waals surface area contributed by atoms with Crippen LogP contribution >= 0.6 is 34.5 Å². The van der Waals surface area contributed by atoms with E-state index in [-0.39, 0.29) is 17.7 Å². The summed E-state index contributed by atoms with van der Waals surface area (Å²) >= 11 is 13.7. The molecule has 1 aliphatic rings. The molecule has 0 saturated carbocycles. The van der Waals surface area contributed by atoms with Crippen LogP contribution in [0.4, 0.5) is 0 Å². The lowest BCUT2D eigenvalue weighted by molar-refractivity contribution is -0.139. The van der Waals surface area contributed by atoms with Gasteiger partial charge in [0.2, 0.25) is 0 Å². The summed E-state index contributed by atoms with van der Waals surface area (Å²) in [5.41, 5.74) is 1.52. The molecule has 0 N–H and O–H groups in total. The summed E-state index contributed by atoms with van der Waals surface area (Å²) in [6.45, 7) is 3.61. The Morgan fingerprint density at radius 2 is 1.95 bits per heavy atom. The molecule has 3 heterocycles. The van der Waals surface area contributed by atoms with Gasteiger partial charge in [0.05, 0.1) is 46.7 Å². The highest BCUT2D eigenvalue weighted by atomic mass is 35.5. The molecule has 0 radical (unpaired) electrons. The number of esters is 1. The molecule has 206 valence electrons. The number of fused-ring (bicyclic) bond motifs is 1. The molecule has 11 heteroatoms. The van der Waals surface area contributed by atoms with Gasteiger partial charge in [0.1, 0.15) is 29.1 Å². The van der Waals surface area contributed by atoms with E-state index >= 15 is 0 Å². The smallest absolute Gasteiger partial charge is 0.338 e. The van der Waals surface area contributed by atoms with Crippen molar-refractivity contribution in [3.63, 3.8) is 0 Å². The summed E-state index contributed by atoms with van der Waals surface area (Å²) in [7, 11) is 3.06. The van der Waals surface area contributed by atoms with E-state index in [9.17, 15) is 9.59 Å². The number of nitrogens with zero attached hydrogens (tertiary/aromatic N) is 2. The Balaban J connectivity index is 1.69. The average molecular weight is 599 g/mol. The normalized spacial score (nSPS) is 15.1. The second-order valence-electron chi connectivity index (χ2n) is 8.71. The van der Waals surface area contributed by atoms with E-state index in [1.54, 1.807) is 75.6 Å². The third-order valence-corrected chi connectivity index (χ3v) is 8.17. The Morgan fingerprint density at radius 1 is 1.15 bits per heavy atom. The summed E-state index contributed by atoms with van der Waals surface area (Å²) in [5, 5.41) is 0.782. The van der Waals surface area contributed by atoms with Gasteiger partial charge in [-0.15, -0.1) is 0 Å². The first-order chi connectivity index (χ1) is 19.3. The number of aromatic nitrogens is 1. The highest BCUT2D eigenvalue weighted by Crippen LogP contribution is 2.38. The number of hydrogen-bond acceptors (Lipinski definition) is 8. The molecule has 2 aromatic heterocycles. The molecule has 0 saturated heterocycles. The number of hydrogen-bond donors (Lipinski definition) is 0. The van der Waals surface area contributed by atoms with E-state index in [1.165, 1.54) is 23.0 Å². The summed E-state index contributed by atoms with van der Waals surface area (Å²) in [5.74, 6) is 1.39. The standard InChI is InChI=1S/C29H24Cl2N2O6S/c1-5-38-28(35)24-15(2)32-29-33(26(24)19-13-16(36-3)9-11-21(19)37-4)27(34)23(40-29)14-17-10-12-22(39-17)18-7-6-8-20(30)25(18)31/h6-14,26H,5H2,1-4H3. The Kier molecular flexibility index (Phi) is 7.89. The van der Waals surface area contributed by atoms with Crippen molar-refractivity contribution in [2.24, 2.45) is 4.99 Å². The molecule has 0 aliphatic carbocycles. The van der Waals surface area contributed by atoms with Gasteiger partial charge < -0.3 is 18.6 Å². The van der Waals surface area contributed by atoms with Gasteiger partial charge in [0.25, 0.3) is 5.56 Å². The maximum absolute atomic E-state index is 13.9. The van der Waals surface area contributed by atoms with Crippen LogP contribution in [0.25, 0.3) is 17.4 Å². The number of methoxy groups -OCH3 is 2. The quantitative estimate of drug-likeness (QED) is 0.265. The number of furan rings is 1. The van der Waals surface area contributed by atoms with Gasteiger partial charge in [-0.3, -0.25) is 9.36 Å². The molecule has 8 nitrogen and oxygen atoms in total. The zero-order valence-electron chi connectivity index (χ0n) is 22.0. The zero-order valence-corrected chi connectivity index (χ0v) is 24.3. The van der Waals surface area contributed by atoms with Crippen LogP contribution in [0.2, 0.25) is 10.0 Å². The SMILES string of the molecule is CCOC(=O)C1=C(C)N=c2sc(=Cc3ccc(-c4cccc(Cl)c4Cl)o3)c(=O)n2C1c1cc(OC)ccc1OC. The summed E-state index contributed by atoms with van der Waals surface area (Å²) < 4.78 is 24.3. The summed E-state index contributed by atoms with van der Waals surface area (Å²) in [6, 6.07) is 13.1. The van der Waals surface area contributed by atoms with Gasteiger partial charge in [-0.1, -0.05) is 40.6 Å². The van der Waals surface area contributed by atoms with Gasteiger partial charge in [-0.25, -0.2) is 9.79 Å². The number of rotatable bonds is 7. The third kappa shape index (κ3) is 4.96. The predicted molar refractivity (Wildman–Crippen MR) is 154 cm³/mol. The number of carbonyl (C=O) groups is 1. The number of thiazole rings is 1. The summed E-state index contributed by atoms with van der Waals surface area (Å²) in [4.78, 5) is 32.1. The maximum atomic E-state index is 13.9. The number of ether oxygens (including phenoxy) is 3. The fourth-order valence-electron chi connectivity index (χ4n) is 4.54. The molecule has 0 bridgehead atoms. The minimum absolute atomic E-state index is 0.166. The number of allylic oxidation sites excluding steroid dienone is 1. The molecular weight excluding hydrogens is 575 g/mol. The van der Waals surface area contributed by atoms with Crippen molar-refractivity contribution < 1.29 is 23.4 Å². The first kappa shape index (κ1) is 27.8. The van der Waals surface area contributed by atoms with Crippen molar-refractivity contribution in [2.45, 2.75) is 19.9 Å². The van der Waals surface area contributed by atoms with Gasteiger partial charge in [-0.2, -0.15) is 0 Å². The maximum Gasteiger partial charge on any atom is 0.338 e. The van der Waals surface area contributed by atoms with E-state index in [1.807, 2.05) is 0 Å². The minimum atomic E-state index is -0.861. The van der Waals surface area contributed by atoms with Gasteiger partial charge in [0.15, 0.2) is 4.80 Å². The average Bonchev–Trinajstić information content (AvgIpc) is 3.53. The first-order valence-electron chi connectivity index (χ1n) is 12.2. The van der Waals surface area contributed by atoms with Crippen molar-refractivity contribution in [1.29, 1.82) is 0 Å². The minimum Gasteiger partial charge on any atom is -0.497 e. The van der Waals surface area contributed by atoms with Crippen molar-refractivity contribution in [3.05, 3.63) is 101 Å². The van der Waals surface area contributed by atoms with Crippen molar-refractivity contribution in [1.82, 2.24) is 4.57 Å². The molecule has 40 heavy (non-hydrogen) atoms. The molecule has 2 aromatic carbocycles. The molecule has 1 unspecified atom stereocenters. The van der Waals surface area contributed by atoms with Crippen LogP contribution in [0, 0.1) is 0 Å². The molecule has 1 aliphatic heterocycles. The van der Waals surface area contributed by atoms with Gasteiger partial charge in [0, 0.05) is 17.2 Å². The first-order valence-corrected chi connectivity index (χ1v) is 13.8. The highest BCUT2D eigenvalue weighted by Gasteiger charge is 2.35. The van der Waals surface area contributed by atoms with Crippen LogP contribution in [0.3, 0.4) is 0 Å².